The Kier molecular flexibility index (Phi) is 2.88. The van der Waals surface area contributed by atoms with Crippen molar-refractivity contribution >= 4 is 11.6 Å². The normalized spacial score (nSPS) is 24.3. The molecule has 2 heterocycles. The Labute approximate surface area is 109 Å². The predicted molar refractivity (Wildman–Crippen MR) is 73.8 cm³/mol. The fraction of sp³-hybridized carbons (Fsp3) is 0.714. The first-order valence-electron chi connectivity index (χ1n) is 7.07. The summed E-state index contributed by atoms with van der Waals surface area (Å²) < 4.78 is 0. The van der Waals surface area contributed by atoms with E-state index >= 15 is 0 Å². The second kappa shape index (κ2) is 4.41. The van der Waals surface area contributed by atoms with Gasteiger partial charge in [0.05, 0.1) is 0 Å². The molecule has 0 spiro atoms. The van der Waals surface area contributed by atoms with Gasteiger partial charge in [-0.3, -0.25) is 0 Å². The van der Waals surface area contributed by atoms with Gasteiger partial charge in [-0.2, -0.15) is 0 Å². The third kappa shape index (κ3) is 2.04. The van der Waals surface area contributed by atoms with Crippen molar-refractivity contribution in [3.05, 3.63) is 11.4 Å². The maximum Gasteiger partial charge on any atom is 0.137 e. The van der Waals surface area contributed by atoms with Crippen molar-refractivity contribution in [2.75, 3.05) is 17.2 Å². The van der Waals surface area contributed by atoms with E-state index in [4.69, 9.17) is 10.7 Å². The summed E-state index contributed by atoms with van der Waals surface area (Å²) in [7, 11) is 0. The summed E-state index contributed by atoms with van der Waals surface area (Å²) in [6, 6.07) is 0.568. The molecule has 2 fully saturated rings. The summed E-state index contributed by atoms with van der Waals surface area (Å²) in [6.07, 6.45) is 6.27. The lowest BCUT2D eigenvalue weighted by molar-refractivity contribution is 0.479. The molecular weight excluding hydrogens is 224 g/mol. The molecule has 0 aromatic carbocycles. The van der Waals surface area contributed by atoms with Crippen molar-refractivity contribution in [3.63, 3.8) is 0 Å². The van der Waals surface area contributed by atoms with Gasteiger partial charge in [0.15, 0.2) is 0 Å². The third-order valence-electron chi connectivity index (χ3n) is 4.19. The van der Waals surface area contributed by atoms with Crippen molar-refractivity contribution in [2.45, 2.75) is 57.9 Å². The first-order chi connectivity index (χ1) is 8.66. The van der Waals surface area contributed by atoms with Crippen LogP contribution in [0.4, 0.5) is 11.6 Å². The van der Waals surface area contributed by atoms with Crippen LogP contribution < -0.4 is 10.6 Å². The van der Waals surface area contributed by atoms with Crippen LogP contribution in [0, 0.1) is 6.92 Å². The van der Waals surface area contributed by atoms with Crippen molar-refractivity contribution in [1.82, 2.24) is 9.97 Å². The van der Waals surface area contributed by atoms with Gasteiger partial charge in [0, 0.05) is 24.1 Å². The molecule has 4 nitrogen and oxygen atoms in total. The lowest BCUT2D eigenvalue weighted by atomic mass is 10.0. The molecule has 18 heavy (non-hydrogen) atoms. The van der Waals surface area contributed by atoms with Crippen LogP contribution in [0.3, 0.4) is 0 Å². The number of nitrogen functional groups attached to an aromatic ring is 1. The van der Waals surface area contributed by atoms with E-state index in [1.807, 2.05) is 6.92 Å². The van der Waals surface area contributed by atoms with Crippen LogP contribution in [-0.4, -0.2) is 22.6 Å². The topological polar surface area (TPSA) is 55.0 Å². The molecule has 4 heteroatoms. The summed E-state index contributed by atoms with van der Waals surface area (Å²) in [5.41, 5.74) is 7.11. The van der Waals surface area contributed by atoms with E-state index in [-0.39, 0.29) is 0 Å². The summed E-state index contributed by atoms with van der Waals surface area (Å²) in [5.74, 6) is 3.27. The molecule has 0 amide bonds. The van der Waals surface area contributed by atoms with Crippen LogP contribution in [0.15, 0.2) is 0 Å². The number of nitrogens with two attached hydrogens (primary N) is 1. The molecule has 1 aromatic rings. The summed E-state index contributed by atoms with van der Waals surface area (Å²) in [4.78, 5) is 11.7. The van der Waals surface area contributed by atoms with Gasteiger partial charge in [-0.05, 0) is 46.0 Å². The Bertz CT molecular complexity index is 453. The molecule has 1 aliphatic heterocycles. The Hall–Kier alpha value is -1.32. The zero-order valence-corrected chi connectivity index (χ0v) is 11.3. The second-order valence-corrected chi connectivity index (χ2v) is 5.73. The lowest BCUT2D eigenvalue weighted by Crippen LogP contribution is -2.38. The number of piperidine rings is 1. The fourth-order valence-corrected chi connectivity index (χ4v) is 2.76. The molecule has 0 radical (unpaired) electrons. The number of hydrogen-bond donors (Lipinski definition) is 1. The SMILES string of the molecule is Cc1c(N)nc(C2CC2)nc1N1CCCCC1C. The largest absolute Gasteiger partial charge is 0.383 e. The third-order valence-corrected chi connectivity index (χ3v) is 4.19. The van der Waals surface area contributed by atoms with Gasteiger partial charge in [-0.15, -0.1) is 0 Å². The van der Waals surface area contributed by atoms with Crippen LogP contribution in [0.2, 0.25) is 0 Å². The Morgan fingerprint density at radius 1 is 1.17 bits per heavy atom. The van der Waals surface area contributed by atoms with Crippen LogP contribution in [-0.2, 0) is 0 Å². The minimum atomic E-state index is 0.562. The van der Waals surface area contributed by atoms with E-state index in [0.717, 1.165) is 23.8 Å². The first kappa shape index (κ1) is 11.8. The number of hydrogen-bond acceptors (Lipinski definition) is 4. The minimum Gasteiger partial charge on any atom is -0.383 e. The van der Waals surface area contributed by atoms with Gasteiger partial charge >= 0.3 is 0 Å². The highest BCUT2D eigenvalue weighted by molar-refractivity contribution is 5.57. The molecule has 1 unspecified atom stereocenters. The highest BCUT2D eigenvalue weighted by Crippen LogP contribution is 2.40. The van der Waals surface area contributed by atoms with Crippen molar-refractivity contribution in [3.8, 4) is 0 Å². The average Bonchev–Trinajstić information content (AvgIpc) is 3.18. The number of aromatic nitrogens is 2. The molecule has 1 saturated carbocycles. The van der Waals surface area contributed by atoms with Gasteiger partial charge in [0.25, 0.3) is 0 Å². The van der Waals surface area contributed by atoms with Crippen LogP contribution in [0.1, 0.15) is 56.3 Å². The average molecular weight is 246 g/mol. The predicted octanol–water partition coefficient (Wildman–Crippen LogP) is 2.62. The lowest BCUT2D eigenvalue weighted by Gasteiger charge is -2.35. The van der Waals surface area contributed by atoms with Gasteiger partial charge in [0.2, 0.25) is 0 Å². The Balaban J connectivity index is 1.98. The standard InChI is InChI=1S/C14H22N4/c1-9-5-3-4-8-18(9)14-10(2)12(15)16-13(17-14)11-6-7-11/h9,11H,3-8H2,1-2H3,(H2,15,16,17). The van der Waals surface area contributed by atoms with Gasteiger partial charge in [0.1, 0.15) is 17.5 Å². The van der Waals surface area contributed by atoms with Crippen molar-refractivity contribution in [2.24, 2.45) is 0 Å². The van der Waals surface area contributed by atoms with E-state index in [2.05, 4.69) is 16.8 Å². The smallest absolute Gasteiger partial charge is 0.137 e. The van der Waals surface area contributed by atoms with Gasteiger partial charge in [-0.25, -0.2) is 9.97 Å². The van der Waals surface area contributed by atoms with Crippen molar-refractivity contribution in [1.29, 1.82) is 0 Å². The van der Waals surface area contributed by atoms with Gasteiger partial charge in [-0.1, -0.05) is 0 Å². The summed E-state index contributed by atoms with van der Waals surface area (Å²) in [5, 5.41) is 0. The molecule has 2 N–H and O–H groups in total. The van der Waals surface area contributed by atoms with Gasteiger partial charge < -0.3 is 10.6 Å². The molecule has 1 saturated heterocycles. The van der Waals surface area contributed by atoms with Crippen LogP contribution >= 0.6 is 0 Å². The maximum absolute atomic E-state index is 6.06. The summed E-state index contributed by atoms with van der Waals surface area (Å²) >= 11 is 0. The number of anilines is 2. The van der Waals surface area contributed by atoms with Crippen LogP contribution in [0.25, 0.3) is 0 Å². The second-order valence-electron chi connectivity index (χ2n) is 5.73. The quantitative estimate of drug-likeness (QED) is 0.871. The first-order valence-corrected chi connectivity index (χ1v) is 7.07. The van der Waals surface area contributed by atoms with E-state index in [1.54, 1.807) is 0 Å². The highest BCUT2D eigenvalue weighted by atomic mass is 15.2. The molecule has 2 aliphatic rings. The van der Waals surface area contributed by atoms with E-state index < -0.39 is 0 Å². The zero-order valence-electron chi connectivity index (χ0n) is 11.3. The summed E-state index contributed by atoms with van der Waals surface area (Å²) in [6.45, 7) is 5.43. The van der Waals surface area contributed by atoms with Crippen molar-refractivity contribution < 1.29 is 0 Å². The molecule has 3 rings (SSSR count). The molecule has 1 atom stereocenters. The minimum absolute atomic E-state index is 0.562. The fourth-order valence-electron chi connectivity index (χ4n) is 2.76. The maximum atomic E-state index is 6.06. The molecule has 98 valence electrons. The molecule has 1 aliphatic carbocycles. The zero-order chi connectivity index (χ0) is 12.7. The molecule has 0 bridgehead atoms. The number of nitrogens with zero attached hydrogens (tertiary/aromatic N) is 3. The Morgan fingerprint density at radius 3 is 2.61 bits per heavy atom. The van der Waals surface area contributed by atoms with E-state index in [1.165, 1.54) is 32.1 Å². The molecule has 1 aromatic heterocycles. The molecular formula is C14H22N4. The van der Waals surface area contributed by atoms with Crippen LogP contribution in [0.5, 0.6) is 0 Å². The van der Waals surface area contributed by atoms with E-state index in [0.29, 0.717) is 17.8 Å². The van der Waals surface area contributed by atoms with E-state index in [9.17, 15) is 0 Å². The highest BCUT2D eigenvalue weighted by Gasteiger charge is 2.30. The number of rotatable bonds is 2. The monoisotopic (exact) mass is 246 g/mol. The Morgan fingerprint density at radius 2 is 1.94 bits per heavy atom.